The number of rotatable bonds is 5. The Hall–Kier alpha value is -1.30. The lowest BCUT2D eigenvalue weighted by molar-refractivity contribution is -0.141. The van der Waals surface area contributed by atoms with Gasteiger partial charge in [0.25, 0.3) is 0 Å². The van der Waals surface area contributed by atoms with Crippen molar-refractivity contribution in [3.05, 3.63) is 0 Å². The summed E-state index contributed by atoms with van der Waals surface area (Å²) in [5.74, 6) is -1.53. The Morgan fingerprint density at radius 2 is 2.18 bits per heavy atom. The maximum atomic E-state index is 11.5. The summed E-state index contributed by atoms with van der Waals surface area (Å²) in [6.07, 6.45) is 2.08. The van der Waals surface area contributed by atoms with E-state index in [0.717, 1.165) is 19.4 Å². The Labute approximate surface area is 101 Å². The number of carbonyl (C=O) groups is 2. The van der Waals surface area contributed by atoms with Gasteiger partial charge in [-0.15, -0.1) is 0 Å². The highest BCUT2D eigenvalue weighted by Crippen LogP contribution is 2.10. The highest BCUT2D eigenvalue weighted by Gasteiger charge is 2.21. The third kappa shape index (κ3) is 4.60. The highest BCUT2D eigenvalue weighted by molar-refractivity contribution is 5.76. The molecule has 98 valence electrons. The van der Waals surface area contributed by atoms with Crippen LogP contribution in [0.3, 0.4) is 0 Å². The average molecular weight is 244 g/mol. The predicted molar refractivity (Wildman–Crippen MR) is 61.8 cm³/mol. The van der Waals surface area contributed by atoms with Gasteiger partial charge in [0.05, 0.1) is 12.0 Å². The van der Waals surface area contributed by atoms with Crippen LogP contribution in [0.4, 0.5) is 4.79 Å². The zero-order valence-electron chi connectivity index (χ0n) is 10.2. The molecule has 3 N–H and O–H groups in total. The molecule has 3 unspecified atom stereocenters. The number of carboxylic acid groups (broad SMARTS) is 1. The van der Waals surface area contributed by atoms with E-state index in [1.54, 1.807) is 13.8 Å². The Morgan fingerprint density at radius 3 is 2.71 bits per heavy atom. The van der Waals surface area contributed by atoms with Crippen LogP contribution < -0.4 is 10.6 Å². The molecule has 3 atom stereocenters. The SMILES string of the molecule is CC(NC(=O)NCC1CCCO1)C(C)C(=O)O. The van der Waals surface area contributed by atoms with Crippen LogP contribution in [0.5, 0.6) is 0 Å². The molecule has 1 rings (SSSR count). The minimum absolute atomic E-state index is 0.0907. The number of ether oxygens (including phenoxy) is 1. The molecule has 1 aliphatic rings. The van der Waals surface area contributed by atoms with Crippen molar-refractivity contribution in [2.75, 3.05) is 13.2 Å². The molecular weight excluding hydrogens is 224 g/mol. The van der Waals surface area contributed by atoms with E-state index in [9.17, 15) is 9.59 Å². The molecule has 1 fully saturated rings. The van der Waals surface area contributed by atoms with Crippen molar-refractivity contribution < 1.29 is 19.4 Å². The van der Waals surface area contributed by atoms with E-state index in [1.165, 1.54) is 0 Å². The largest absolute Gasteiger partial charge is 0.481 e. The fourth-order valence-electron chi connectivity index (χ4n) is 1.61. The summed E-state index contributed by atoms with van der Waals surface area (Å²) in [6, 6.07) is -0.752. The van der Waals surface area contributed by atoms with Crippen LogP contribution in [0, 0.1) is 5.92 Å². The number of carbonyl (C=O) groups excluding carboxylic acids is 1. The molecule has 2 amide bonds. The Morgan fingerprint density at radius 1 is 1.47 bits per heavy atom. The van der Waals surface area contributed by atoms with Gasteiger partial charge >= 0.3 is 12.0 Å². The topological polar surface area (TPSA) is 87.7 Å². The van der Waals surface area contributed by atoms with Crippen LogP contribution in [-0.4, -0.2) is 42.4 Å². The number of hydrogen-bond acceptors (Lipinski definition) is 3. The van der Waals surface area contributed by atoms with Gasteiger partial charge in [-0.05, 0) is 26.7 Å². The van der Waals surface area contributed by atoms with Gasteiger partial charge in [-0.2, -0.15) is 0 Å². The third-order valence-corrected chi connectivity index (χ3v) is 3.01. The van der Waals surface area contributed by atoms with Crippen molar-refractivity contribution in [3.63, 3.8) is 0 Å². The van der Waals surface area contributed by atoms with Gasteiger partial charge in [-0.3, -0.25) is 4.79 Å². The second kappa shape index (κ2) is 6.44. The van der Waals surface area contributed by atoms with Gasteiger partial charge < -0.3 is 20.5 Å². The monoisotopic (exact) mass is 244 g/mol. The number of amides is 2. The Kier molecular flexibility index (Phi) is 5.21. The minimum Gasteiger partial charge on any atom is -0.481 e. The second-order valence-corrected chi connectivity index (χ2v) is 4.40. The van der Waals surface area contributed by atoms with E-state index < -0.39 is 17.9 Å². The number of aliphatic carboxylic acids is 1. The zero-order chi connectivity index (χ0) is 12.8. The molecule has 0 aromatic rings. The van der Waals surface area contributed by atoms with Crippen LogP contribution in [0.2, 0.25) is 0 Å². The second-order valence-electron chi connectivity index (χ2n) is 4.40. The number of carboxylic acids is 1. The molecule has 0 aromatic heterocycles. The summed E-state index contributed by atoms with van der Waals surface area (Å²) >= 11 is 0. The quantitative estimate of drug-likeness (QED) is 0.660. The lowest BCUT2D eigenvalue weighted by Gasteiger charge is -2.19. The number of nitrogens with one attached hydrogen (secondary N) is 2. The first-order valence-electron chi connectivity index (χ1n) is 5.89. The molecule has 0 bridgehead atoms. The molecule has 6 nitrogen and oxygen atoms in total. The third-order valence-electron chi connectivity index (χ3n) is 3.01. The van der Waals surface area contributed by atoms with Gasteiger partial charge in [0, 0.05) is 19.2 Å². The van der Waals surface area contributed by atoms with E-state index in [-0.39, 0.29) is 12.1 Å². The molecular formula is C11H20N2O4. The maximum Gasteiger partial charge on any atom is 0.315 e. The highest BCUT2D eigenvalue weighted by atomic mass is 16.5. The molecule has 6 heteroatoms. The van der Waals surface area contributed by atoms with Gasteiger partial charge in [0.2, 0.25) is 0 Å². The van der Waals surface area contributed by atoms with Gasteiger partial charge in [-0.25, -0.2) is 4.79 Å². The minimum atomic E-state index is -0.920. The molecule has 0 radical (unpaired) electrons. The lowest BCUT2D eigenvalue weighted by atomic mass is 10.0. The maximum absolute atomic E-state index is 11.5. The van der Waals surface area contributed by atoms with Crippen LogP contribution in [0.15, 0.2) is 0 Å². The summed E-state index contributed by atoms with van der Waals surface area (Å²) in [5.41, 5.74) is 0. The van der Waals surface area contributed by atoms with E-state index in [1.807, 2.05) is 0 Å². The average Bonchev–Trinajstić information content (AvgIpc) is 2.77. The fraction of sp³-hybridized carbons (Fsp3) is 0.818. The van der Waals surface area contributed by atoms with E-state index >= 15 is 0 Å². The predicted octanol–water partition coefficient (Wildman–Crippen LogP) is 0.574. The smallest absolute Gasteiger partial charge is 0.315 e. The van der Waals surface area contributed by atoms with Crippen molar-refractivity contribution in [1.29, 1.82) is 0 Å². The van der Waals surface area contributed by atoms with Gasteiger partial charge in [0.1, 0.15) is 0 Å². The summed E-state index contributed by atoms with van der Waals surface area (Å²) in [7, 11) is 0. The molecule has 1 saturated heterocycles. The van der Waals surface area contributed by atoms with Crippen LogP contribution in [0.25, 0.3) is 0 Å². The molecule has 0 saturated carbocycles. The van der Waals surface area contributed by atoms with Gasteiger partial charge in [0.15, 0.2) is 0 Å². The Balaban J connectivity index is 2.21. The van der Waals surface area contributed by atoms with Gasteiger partial charge in [-0.1, -0.05) is 0 Å². The first-order chi connectivity index (χ1) is 8.00. The summed E-state index contributed by atoms with van der Waals surface area (Å²) in [5, 5.41) is 14.1. The van der Waals surface area contributed by atoms with E-state index in [2.05, 4.69) is 10.6 Å². The normalized spacial score (nSPS) is 22.8. The molecule has 0 aromatic carbocycles. The van der Waals surface area contributed by atoms with Crippen molar-refractivity contribution in [1.82, 2.24) is 10.6 Å². The van der Waals surface area contributed by atoms with E-state index in [0.29, 0.717) is 6.54 Å². The summed E-state index contributed by atoms with van der Waals surface area (Å²) < 4.78 is 5.36. The number of hydrogen-bond donors (Lipinski definition) is 3. The summed E-state index contributed by atoms with van der Waals surface area (Å²) in [4.78, 5) is 22.2. The van der Waals surface area contributed by atoms with Crippen LogP contribution in [0.1, 0.15) is 26.7 Å². The van der Waals surface area contributed by atoms with Crippen molar-refractivity contribution in [3.8, 4) is 0 Å². The first-order valence-corrected chi connectivity index (χ1v) is 5.89. The standard InChI is InChI=1S/C11H20N2O4/c1-7(10(14)15)8(2)13-11(16)12-6-9-4-3-5-17-9/h7-9H,3-6H2,1-2H3,(H,14,15)(H2,12,13,16). The molecule has 0 aliphatic carbocycles. The fourth-order valence-corrected chi connectivity index (χ4v) is 1.61. The lowest BCUT2D eigenvalue weighted by Crippen LogP contribution is -2.46. The molecule has 1 heterocycles. The van der Waals surface area contributed by atoms with Crippen molar-refractivity contribution in [2.45, 2.75) is 38.8 Å². The van der Waals surface area contributed by atoms with Crippen molar-refractivity contribution in [2.24, 2.45) is 5.92 Å². The first kappa shape index (κ1) is 13.8. The van der Waals surface area contributed by atoms with Crippen LogP contribution >= 0.6 is 0 Å². The number of urea groups is 1. The zero-order valence-corrected chi connectivity index (χ0v) is 10.2. The molecule has 17 heavy (non-hydrogen) atoms. The Bertz CT molecular complexity index is 277. The van der Waals surface area contributed by atoms with Crippen molar-refractivity contribution >= 4 is 12.0 Å². The molecule has 1 aliphatic heterocycles. The summed E-state index contributed by atoms with van der Waals surface area (Å²) in [6.45, 7) is 4.46. The van der Waals surface area contributed by atoms with Crippen LogP contribution in [-0.2, 0) is 9.53 Å². The molecule has 0 spiro atoms. The van der Waals surface area contributed by atoms with E-state index in [4.69, 9.17) is 9.84 Å².